The molecule has 3 rings (SSSR count). The van der Waals surface area contributed by atoms with Gasteiger partial charge >= 0.3 is 11.9 Å². The van der Waals surface area contributed by atoms with Crippen LogP contribution in [0.25, 0.3) is 0 Å². The standard InChI is InChI=1S/C39H56F2O6Si/c1-8-9-21-48(6,7)34-18-17-33(35(40)36(34)41)29-15-13-28(14-16-29)30-22-31(24-46-38(43)26(2)3)37(45-20-12-10-11-19-42)32(23-30)25-47-39(44)27(4)5/h17-18,22-23,27-29,42H,2,8-16,19-21,24-25H2,1,3-7H3. The summed E-state index contributed by atoms with van der Waals surface area (Å²) < 4.78 is 48.5. The van der Waals surface area contributed by atoms with Gasteiger partial charge in [-0.25, -0.2) is 13.6 Å². The van der Waals surface area contributed by atoms with Crippen molar-refractivity contribution in [1.82, 2.24) is 0 Å². The minimum Gasteiger partial charge on any atom is -0.493 e. The first-order chi connectivity index (χ1) is 22.8. The van der Waals surface area contributed by atoms with Gasteiger partial charge in [-0.1, -0.05) is 71.5 Å². The van der Waals surface area contributed by atoms with E-state index in [4.69, 9.17) is 19.3 Å². The Bertz CT molecular complexity index is 1400. The molecular formula is C39H56F2O6Si. The summed E-state index contributed by atoms with van der Waals surface area (Å²) in [4.78, 5) is 24.8. The molecule has 0 atom stereocenters. The predicted molar refractivity (Wildman–Crippen MR) is 189 cm³/mol. The molecular weight excluding hydrogens is 631 g/mol. The van der Waals surface area contributed by atoms with Gasteiger partial charge in [-0.3, -0.25) is 4.79 Å². The molecule has 0 amide bonds. The van der Waals surface area contributed by atoms with Crippen LogP contribution >= 0.6 is 0 Å². The van der Waals surface area contributed by atoms with Gasteiger partial charge in [0.15, 0.2) is 11.6 Å². The lowest BCUT2D eigenvalue weighted by molar-refractivity contribution is -0.148. The fourth-order valence-electron chi connectivity index (χ4n) is 6.46. The van der Waals surface area contributed by atoms with Crippen LogP contribution in [0.3, 0.4) is 0 Å². The molecule has 0 spiro atoms. The summed E-state index contributed by atoms with van der Waals surface area (Å²) in [6, 6.07) is 8.59. The largest absolute Gasteiger partial charge is 0.493 e. The molecule has 1 aliphatic rings. The molecule has 0 heterocycles. The minimum atomic E-state index is -2.08. The van der Waals surface area contributed by atoms with Gasteiger partial charge in [0.2, 0.25) is 0 Å². The van der Waals surface area contributed by atoms with Gasteiger partial charge < -0.3 is 19.3 Å². The Labute approximate surface area is 287 Å². The van der Waals surface area contributed by atoms with E-state index in [-0.39, 0.29) is 49.1 Å². The average molecular weight is 687 g/mol. The zero-order chi connectivity index (χ0) is 35.4. The van der Waals surface area contributed by atoms with Crippen molar-refractivity contribution >= 4 is 25.2 Å². The third kappa shape index (κ3) is 10.7. The number of rotatable bonds is 18. The Morgan fingerprint density at radius 3 is 2.15 bits per heavy atom. The van der Waals surface area contributed by atoms with Gasteiger partial charge in [-0.15, -0.1) is 0 Å². The second kappa shape index (κ2) is 18.6. The number of esters is 2. The number of halogens is 2. The average Bonchev–Trinajstić information content (AvgIpc) is 3.06. The molecule has 2 aromatic rings. The van der Waals surface area contributed by atoms with Gasteiger partial charge in [-0.2, -0.15) is 0 Å². The van der Waals surface area contributed by atoms with E-state index in [1.54, 1.807) is 20.8 Å². The molecule has 0 bridgehead atoms. The van der Waals surface area contributed by atoms with Crippen LogP contribution in [-0.2, 0) is 32.3 Å². The second-order valence-corrected chi connectivity index (χ2v) is 19.1. The van der Waals surface area contributed by atoms with Gasteiger partial charge in [0.1, 0.15) is 19.0 Å². The number of aliphatic hydroxyl groups excluding tert-OH is 1. The maximum absolute atomic E-state index is 15.6. The van der Waals surface area contributed by atoms with Gasteiger partial charge in [0.05, 0.1) is 20.6 Å². The number of ether oxygens (including phenoxy) is 3. The molecule has 9 heteroatoms. The van der Waals surface area contributed by atoms with Crippen molar-refractivity contribution in [3.63, 3.8) is 0 Å². The van der Waals surface area contributed by atoms with Crippen molar-refractivity contribution in [1.29, 1.82) is 0 Å². The number of hydrogen-bond donors (Lipinski definition) is 1. The zero-order valence-corrected chi connectivity index (χ0v) is 30.9. The summed E-state index contributed by atoms with van der Waals surface area (Å²) >= 11 is 0. The maximum atomic E-state index is 15.6. The number of benzene rings is 2. The molecule has 2 aromatic carbocycles. The van der Waals surface area contributed by atoms with Gasteiger partial charge in [0.25, 0.3) is 0 Å². The highest BCUT2D eigenvalue weighted by atomic mass is 28.3. The molecule has 1 fully saturated rings. The fourth-order valence-corrected chi connectivity index (χ4v) is 9.20. The molecule has 0 radical (unpaired) electrons. The summed E-state index contributed by atoms with van der Waals surface area (Å²) in [5, 5.41) is 9.73. The fraction of sp³-hybridized carbons (Fsp3) is 0.590. The first-order valence-electron chi connectivity index (χ1n) is 17.7. The Morgan fingerprint density at radius 2 is 1.56 bits per heavy atom. The Kier molecular flexibility index (Phi) is 15.3. The lowest BCUT2D eigenvalue weighted by Gasteiger charge is -2.31. The van der Waals surface area contributed by atoms with Crippen molar-refractivity contribution in [3.05, 3.63) is 70.3 Å². The summed E-state index contributed by atoms with van der Waals surface area (Å²) in [6.45, 7) is 15.6. The van der Waals surface area contributed by atoms with Crippen molar-refractivity contribution in [2.75, 3.05) is 13.2 Å². The lowest BCUT2D eigenvalue weighted by atomic mass is 9.75. The van der Waals surface area contributed by atoms with E-state index >= 15 is 8.78 Å². The monoisotopic (exact) mass is 686 g/mol. The highest BCUT2D eigenvalue weighted by Gasteiger charge is 2.32. The molecule has 266 valence electrons. The van der Waals surface area contributed by atoms with Crippen molar-refractivity contribution < 1.29 is 37.7 Å². The molecule has 0 aromatic heterocycles. The maximum Gasteiger partial charge on any atom is 0.333 e. The van der Waals surface area contributed by atoms with Crippen LogP contribution in [-0.4, -0.2) is 38.3 Å². The smallest absolute Gasteiger partial charge is 0.333 e. The normalized spacial score (nSPS) is 16.5. The number of carbonyl (C=O) groups excluding carboxylic acids is 2. The number of hydrogen-bond acceptors (Lipinski definition) is 6. The van der Waals surface area contributed by atoms with E-state index in [2.05, 4.69) is 26.6 Å². The van der Waals surface area contributed by atoms with Crippen LogP contribution in [0.5, 0.6) is 5.75 Å². The van der Waals surface area contributed by atoms with Crippen molar-refractivity contribution in [2.45, 2.75) is 130 Å². The van der Waals surface area contributed by atoms with Crippen molar-refractivity contribution in [2.24, 2.45) is 5.92 Å². The topological polar surface area (TPSA) is 82.1 Å². The Balaban J connectivity index is 1.89. The summed E-state index contributed by atoms with van der Waals surface area (Å²) in [5.74, 6) is -1.93. The molecule has 48 heavy (non-hydrogen) atoms. The number of unbranched alkanes of at least 4 members (excludes halogenated alkanes) is 3. The van der Waals surface area contributed by atoms with E-state index < -0.39 is 25.7 Å². The molecule has 0 aliphatic heterocycles. The van der Waals surface area contributed by atoms with E-state index in [1.807, 2.05) is 24.3 Å². The first-order valence-corrected chi connectivity index (χ1v) is 20.9. The highest BCUT2D eigenvalue weighted by Crippen LogP contribution is 2.43. The predicted octanol–water partition coefficient (Wildman–Crippen LogP) is 8.98. The zero-order valence-electron chi connectivity index (χ0n) is 29.9. The van der Waals surface area contributed by atoms with Crippen LogP contribution in [0.1, 0.15) is 120 Å². The van der Waals surface area contributed by atoms with E-state index in [1.165, 1.54) is 0 Å². The SMILES string of the molecule is C=C(C)C(=O)OCc1cc(C2CCC(c3ccc([Si](C)(C)CCCC)c(F)c3F)CC2)cc(COC(=O)C(C)C)c1OCCCCCO. The van der Waals surface area contributed by atoms with Crippen LogP contribution < -0.4 is 9.92 Å². The van der Waals surface area contributed by atoms with E-state index in [9.17, 15) is 9.59 Å². The van der Waals surface area contributed by atoms with E-state index in [0.29, 0.717) is 53.5 Å². The second-order valence-electron chi connectivity index (χ2n) is 14.3. The van der Waals surface area contributed by atoms with Crippen LogP contribution in [0.2, 0.25) is 19.1 Å². The third-order valence-electron chi connectivity index (χ3n) is 9.50. The number of aliphatic hydroxyl groups is 1. The highest BCUT2D eigenvalue weighted by molar-refractivity contribution is 6.89. The van der Waals surface area contributed by atoms with Crippen LogP contribution in [0, 0.1) is 17.6 Å². The van der Waals surface area contributed by atoms with Crippen LogP contribution in [0.4, 0.5) is 8.78 Å². The molecule has 0 unspecified atom stereocenters. The third-order valence-corrected chi connectivity index (χ3v) is 12.9. The van der Waals surface area contributed by atoms with Gasteiger partial charge in [0, 0.05) is 23.3 Å². The van der Waals surface area contributed by atoms with Crippen LogP contribution in [0.15, 0.2) is 36.4 Å². The van der Waals surface area contributed by atoms with Gasteiger partial charge in [-0.05, 0) is 92.2 Å². The molecule has 1 aliphatic carbocycles. The van der Waals surface area contributed by atoms with Crippen molar-refractivity contribution in [3.8, 4) is 5.75 Å². The first kappa shape index (κ1) is 39.4. The summed E-state index contributed by atoms with van der Waals surface area (Å²) in [5.41, 5.74) is 3.11. The summed E-state index contributed by atoms with van der Waals surface area (Å²) in [6.07, 6.45) is 7.18. The number of carbonyl (C=O) groups is 2. The molecule has 1 saturated carbocycles. The quantitative estimate of drug-likeness (QED) is 0.0730. The molecule has 1 N–H and O–H groups in total. The Morgan fingerprint density at radius 1 is 0.938 bits per heavy atom. The lowest BCUT2D eigenvalue weighted by Crippen LogP contribution is -2.44. The Hall–Kier alpha value is -3.04. The summed E-state index contributed by atoms with van der Waals surface area (Å²) in [7, 11) is -2.08. The van der Waals surface area contributed by atoms with E-state index in [0.717, 1.165) is 50.1 Å². The molecule has 0 saturated heterocycles. The minimum absolute atomic E-state index is 0.00234. The molecule has 6 nitrogen and oxygen atoms in total.